The summed E-state index contributed by atoms with van der Waals surface area (Å²) in [4.78, 5) is 15.3. The van der Waals surface area contributed by atoms with Crippen molar-refractivity contribution in [2.75, 3.05) is 18.5 Å². The molecule has 1 heterocycles. The van der Waals surface area contributed by atoms with Crippen molar-refractivity contribution >= 4 is 11.8 Å². The van der Waals surface area contributed by atoms with Gasteiger partial charge in [-0.2, -0.15) is 0 Å². The van der Waals surface area contributed by atoms with Gasteiger partial charge in [0.25, 0.3) is 0 Å². The van der Waals surface area contributed by atoms with Gasteiger partial charge < -0.3 is 15.5 Å². The van der Waals surface area contributed by atoms with Gasteiger partial charge in [-0.1, -0.05) is 0 Å². The van der Waals surface area contributed by atoms with Crippen molar-refractivity contribution in [1.29, 1.82) is 0 Å². The van der Waals surface area contributed by atoms with E-state index in [1.165, 1.54) is 0 Å². The number of nitrogens with one attached hydrogen (secondary N) is 1. The largest absolute Gasteiger partial charge is 0.478 e. The summed E-state index contributed by atoms with van der Waals surface area (Å²) < 4.78 is 0. The highest BCUT2D eigenvalue weighted by molar-refractivity contribution is 5.94. The van der Waals surface area contributed by atoms with E-state index in [1.807, 2.05) is 0 Å². The smallest absolute Gasteiger partial charge is 0.339 e. The maximum Gasteiger partial charge on any atom is 0.339 e. The highest BCUT2D eigenvalue weighted by atomic mass is 16.4. The van der Waals surface area contributed by atoms with Gasteiger partial charge in [-0.25, -0.2) is 9.78 Å². The summed E-state index contributed by atoms with van der Waals surface area (Å²) in [6.45, 7) is 2.61. The van der Waals surface area contributed by atoms with Gasteiger partial charge >= 0.3 is 5.97 Å². The Balaban J connectivity index is 2.10. The molecule has 1 aliphatic carbocycles. The second-order valence-corrected chi connectivity index (χ2v) is 4.98. The van der Waals surface area contributed by atoms with E-state index in [2.05, 4.69) is 10.3 Å². The monoisotopic (exact) mass is 250 g/mol. The lowest BCUT2D eigenvalue weighted by Crippen LogP contribution is -2.19. The standard InChI is InChI=1S/C13H18N2O3/c1-9-2-6-14-11(10(9)12(17)18)15-8-13(3-4-13)5-7-16/h2,6,16H,3-5,7-8H2,1H3,(H,14,15)(H,17,18). The Morgan fingerprint density at radius 3 is 2.83 bits per heavy atom. The van der Waals surface area contributed by atoms with E-state index in [1.54, 1.807) is 19.2 Å². The van der Waals surface area contributed by atoms with Crippen LogP contribution in [0.25, 0.3) is 0 Å². The molecule has 18 heavy (non-hydrogen) atoms. The Labute approximate surface area is 106 Å². The number of carboxylic acid groups (broad SMARTS) is 1. The molecule has 3 N–H and O–H groups in total. The van der Waals surface area contributed by atoms with E-state index in [4.69, 9.17) is 5.11 Å². The second kappa shape index (κ2) is 4.94. The van der Waals surface area contributed by atoms with E-state index in [9.17, 15) is 9.90 Å². The molecule has 1 aromatic rings. The minimum atomic E-state index is -0.963. The predicted octanol–water partition coefficient (Wildman–Crippen LogP) is 1.66. The van der Waals surface area contributed by atoms with E-state index in [0.29, 0.717) is 17.9 Å². The van der Waals surface area contributed by atoms with Crippen LogP contribution in [0.2, 0.25) is 0 Å². The average Bonchev–Trinajstić information content (AvgIpc) is 3.07. The highest BCUT2D eigenvalue weighted by Crippen LogP contribution is 2.48. The van der Waals surface area contributed by atoms with E-state index >= 15 is 0 Å². The van der Waals surface area contributed by atoms with Crippen LogP contribution in [0.4, 0.5) is 5.82 Å². The van der Waals surface area contributed by atoms with Crippen LogP contribution in [0.1, 0.15) is 35.2 Å². The molecule has 0 aromatic carbocycles. The third-order valence-electron chi connectivity index (χ3n) is 3.60. The van der Waals surface area contributed by atoms with Crippen molar-refractivity contribution in [3.63, 3.8) is 0 Å². The molecule has 0 unspecified atom stereocenters. The molecule has 1 aliphatic rings. The number of pyridine rings is 1. The number of aromatic nitrogens is 1. The van der Waals surface area contributed by atoms with E-state index in [0.717, 1.165) is 19.3 Å². The van der Waals surface area contributed by atoms with Gasteiger partial charge in [0.05, 0.1) is 0 Å². The lowest BCUT2D eigenvalue weighted by molar-refractivity contribution is 0.0696. The van der Waals surface area contributed by atoms with E-state index < -0.39 is 5.97 Å². The lowest BCUT2D eigenvalue weighted by Gasteiger charge is -2.16. The van der Waals surface area contributed by atoms with Crippen LogP contribution in [0.3, 0.4) is 0 Å². The molecule has 2 rings (SSSR count). The summed E-state index contributed by atoms with van der Waals surface area (Å²) >= 11 is 0. The molecule has 98 valence electrons. The number of nitrogens with zero attached hydrogens (tertiary/aromatic N) is 1. The topological polar surface area (TPSA) is 82.5 Å². The van der Waals surface area contributed by atoms with Gasteiger partial charge in [-0.05, 0) is 43.2 Å². The Hall–Kier alpha value is -1.62. The molecule has 0 radical (unpaired) electrons. The van der Waals surface area contributed by atoms with Crippen LogP contribution >= 0.6 is 0 Å². The number of aromatic carboxylic acids is 1. The Morgan fingerprint density at radius 2 is 2.28 bits per heavy atom. The summed E-state index contributed by atoms with van der Waals surface area (Å²) in [6, 6.07) is 1.69. The molecule has 0 bridgehead atoms. The second-order valence-electron chi connectivity index (χ2n) is 4.98. The Morgan fingerprint density at radius 1 is 1.56 bits per heavy atom. The predicted molar refractivity (Wildman–Crippen MR) is 67.8 cm³/mol. The Bertz CT molecular complexity index is 456. The number of hydrogen-bond acceptors (Lipinski definition) is 4. The van der Waals surface area contributed by atoms with Gasteiger partial charge in [0.2, 0.25) is 0 Å². The van der Waals surface area contributed by atoms with Gasteiger partial charge in [0, 0.05) is 19.3 Å². The number of carbonyl (C=O) groups is 1. The summed E-state index contributed by atoms with van der Waals surface area (Å²) in [5, 5.41) is 21.3. The van der Waals surface area contributed by atoms with Crippen LogP contribution in [0.5, 0.6) is 0 Å². The molecule has 0 aliphatic heterocycles. The summed E-state index contributed by atoms with van der Waals surface area (Å²) in [5.74, 6) is -0.540. The number of hydrogen-bond donors (Lipinski definition) is 3. The summed E-state index contributed by atoms with van der Waals surface area (Å²) in [5.41, 5.74) is 1.07. The number of rotatable bonds is 6. The molecule has 5 heteroatoms. The van der Waals surface area contributed by atoms with Crippen molar-refractivity contribution < 1.29 is 15.0 Å². The molecule has 1 aromatic heterocycles. The third kappa shape index (κ3) is 2.61. The van der Waals surface area contributed by atoms with Gasteiger partial charge in [0.15, 0.2) is 0 Å². The first kappa shape index (κ1) is 12.8. The third-order valence-corrected chi connectivity index (χ3v) is 3.60. The molecule has 0 atom stereocenters. The molecular weight excluding hydrogens is 232 g/mol. The number of aliphatic hydroxyl groups is 1. The first-order chi connectivity index (χ1) is 8.58. The van der Waals surface area contributed by atoms with Gasteiger partial charge in [0.1, 0.15) is 11.4 Å². The first-order valence-electron chi connectivity index (χ1n) is 6.12. The molecule has 1 saturated carbocycles. The van der Waals surface area contributed by atoms with Crippen molar-refractivity contribution in [1.82, 2.24) is 4.98 Å². The highest BCUT2D eigenvalue weighted by Gasteiger charge is 2.41. The Kier molecular flexibility index (Phi) is 3.52. The minimum absolute atomic E-state index is 0.135. The molecule has 5 nitrogen and oxygen atoms in total. The fourth-order valence-electron chi connectivity index (χ4n) is 2.16. The number of aryl methyl sites for hydroxylation is 1. The zero-order chi connectivity index (χ0) is 13.2. The lowest BCUT2D eigenvalue weighted by atomic mass is 10.0. The SMILES string of the molecule is Cc1ccnc(NCC2(CCO)CC2)c1C(=O)O. The number of carboxylic acids is 1. The summed E-state index contributed by atoms with van der Waals surface area (Å²) in [7, 11) is 0. The maximum absolute atomic E-state index is 11.2. The molecular formula is C13H18N2O3. The molecule has 0 saturated heterocycles. The van der Waals surface area contributed by atoms with Crippen molar-refractivity contribution in [3.8, 4) is 0 Å². The number of anilines is 1. The molecule has 0 spiro atoms. The van der Waals surface area contributed by atoms with Gasteiger partial charge in [-0.15, -0.1) is 0 Å². The van der Waals surface area contributed by atoms with Crippen molar-refractivity contribution in [2.24, 2.45) is 5.41 Å². The first-order valence-corrected chi connectivity index (χ1v) is 6.12. The zero-order valence-electron chi connectivity index (χ0n) is 10.4. The average molecular weight is 250 g/mol. The zero-order valence-corrected chi connectivity index (χ0v) is 10.4. The van der Waals surface area contributed by atoms with Crippen LogP contribution in [0, 0.1) is 12.3 Å². The van der Waals surface area contributed by atoms with Crippen LogP contribution < -0.4 is 5.32 Å². The molecule has 0 amide bonds. The van der Waals surface area contributed by atoms with Crippen molar-refractivity contribution in [2.45, 2.75) is 26.2 Å². The minimum Gasteiger partial charge on any atom is -0.478 e. The fourth-order valence-corrected chi connectivity index (χ4v) is 2.16. The van der Waals surface area contributed by atoms with E-state index in [-0.39, 0.29) is 17.6 Å². The summed E-state index contributed by atoms with van der Waals surface area (Å²) in [6.07, 6.45) is 4.52. The van der Waals surface area contributed by atoms with Crippen LogP contribution in [-0.4, -0.2) is 34.3 Å². The van der Waals surface area contributed by atoms with Crippen LogP contribution in [-0.2, 0) is 0 Å². The fraction of sp³-hybridized carbons (Fsp3) is 0.538. The van der Waals surface area contributed by atoms with Crippen molar-refractivity contribution in [3.05, 3.63) is 23.4 Å². The van der Waals surface area contributed by atoms with Crippen LogP contribution in [0.15, 0.2) is 12.3 Å². The molecule has 1 fully saturated rings. The maximum atomic E-state index is 11.2. The van der Waals surface area contributed by atoms with Gasteiger partial charge in [-0.3, -0.25) is 0 Å². The normalized spacial score (nSPS) is 16.3. The number of aliphatic hydroxyl groups excluding tert-OH is 1. The quantitative estimate of drug-likeness (QED) is 0.715.